The lowest BCUT2D eigenvalue weighted by molar-refractivity contribution is 0.0697. The summed E-state index contributed by atoms with van der Waals surface area (Å²) < 4.78 is 6.14. The third kappa shape index (κ3) is 2.50. The highest BCUT2D eigenvalue weighted by atomic mass is 79.9. The number of nitrogens with zero attached hydrogens (tertiary/aromatic N) is 2. The Hall–Kier alpha value is -1.99. The zero-order valence-corrected chi connectivity index (χ0v) is 12.3. The van der Waals surface area contributed by atoms with Crippen molar-refractivity contribution < 1.29 is 14.4 Å². The SMILES string of the molecule is O=C(O)c1cccc(-c2nc(-c3cc(Br)cs3)no2)c1. The van der Waals surface area contributed by atoms with Gasteiger partial charge in [0, 0.05) is 15.4 Å². The largest absolute Gasteiger partial charge is 0.478 e. The molecule has 0 saturated heterocycles. The number of carbonyl (C=O) groups is 1. The smallest absolute Gasteiger partial charge is 0.335 e. The molecule has 3 rings (SSSR count). The average molecular weight is 351 g/mol. The fourth-order valence-electron chi connectivity index (χ4n) is 1.66. The molecular formula is C13H7BrN2O3S. The Kier molecular flexibility index (Phi) is 3.37. The Bertz CT molecular complexity index is 781. The van der Waals surface area contributed by atoms with Gasteiger partial charge in [0.2, 0.25) is 5.82 Å². The summed E-state index contributed by atoms with van der Waals surface area (Å²) in [7, 11) is 0. The summed E-state index contributed by atoms with van der Waals surface area (Å²) in [5.41, 5.74) is 0.764. The van der Waals surface area contributed by atoms with Crippen LogP contribution in [0, 0.1) is 0 Å². The Morgan fingerprint density at radius 2 is 2.20 bits per heavy atom. The molecule has 0 amide bonds. The van der Waals surface area contributed by atoms with Crippen LogP contribution in [0.5, 0.6) is 0 Å². The Balaban J connectivity index is 1.98. The molecule has 0 atom stereocenters. The Morgan fingerprint density at radius 3 is 2.90 bits per heavy atom. The van der Waals surface area contributed by atoms with Crippen LogP contribution in [-0.2, 0) is 0 Å². The molecule has 5 nitrogen and oxygen atoms in total. The van der Waals surface area contributed by atoms with Crippen molar-refractivity contribution in [3.05, 3.63) is 45.7 Å². The van der Waals surface area contributed by atoms with E-state index in [0.717, 1.165) is 9.35 Å². The van der Waals surface area contributed by atoms with E-state index < -0.39 is 5.97 Å². The first-order chi connectivity index (χ1) is 9.63. The van der Waals surface area contributed by atoms with E-state index >= 15 is 0 Å². The van der Waals surface area contributed by atoms with Crippen molar-refractivity contribution in [1.29, 1.82) is 0 Å². The maximum Gasteiger partial charge on any atom is 0.335 e. The topological polar surface area (TPSA) is 76.2 Å². The first-order valence-electron chi connectivity index (χ1n) is 5.55. The monoisotopic (exact) mass is 350 g/mol. The van der Waals surface area contributed by atoms with E-state index in [4.69, 9.17) is 9.63 Å². The molecule has 2 heterocycles. The van der Waals surface area contributed by atoms with Crippen LogP contribution in [0.4, 0.5) is 0 Å². The lowest BCUT2D eigenvalue weighted by Gasteiger charge is -1.96. The van der Waals surface area contributed by atoms with Gasteiger partial charge in [0.15, 0.2) is 0 Å². The van der Waals surface area contributed by atoms with Crippen molar-refractivity contribution in [2.75, 3.05) is 0 Å². The van der Waals surface area contributed by atoms with Crippen molar-refractivity contribution in [2.24, 2.45) is 0 Å². The second-order valence-electron chi connectivity index (χ2n) is 3.94. The molecule has 2 aromatic heterocycles. The van der Waals surface area contributed by atoms with E-state index in [-0.39, 0.29) is 5.56 Å². The number of hydrogen-bond acceptors (Lipinski definition) is 5. The number of carboxylic acids is 1. The molecule has 7 heteroatoms. The highest BCUT2D eigenvalue weighted by Crippen LogP contribution is 2.29. The van der Waals surface area contributed by atoms with Gasteiger partial charge in [0.05, 0.1) is 10.4 Å². The molecular weight excluding hydrogens is 344 g/mol. The van der Waals surface area contributed by atoms with E-state index in [1.807, 2.05) is 11.4 Å². The first kappa shape index (κ1) is 13.0. The van der Waals surface area contributed by atoms with Crippen LogP contribution >= 0.6 is 27.3 Å². The Morgan fingerprint density at radius 1 is 1.35 bits per heavy atom. The van der Waals surface area contributed by atoms with Crippen LogP contribution in [0.25, 0.3) is 22.2 Å². The maximum absolute atomic E-state index is 10.9. The predicted molar refractivity (Wildman–Crippen MR) is 77.7 cm³/mol. The molecule has 0 radical (unpaired) electrons. The van der Waals surface area contributed by atoms with E-state index in [1.165, 1.54) is 23.5 Å². The molecule has 1 N–H and O–H groups in total. The number of rotatable bonds is 3. The van der Waals surface area contributed by atoms with Gasteiger partial charge in [-0.15, -0.1) is 11.3 Å². The van der Waals surface area contributed by atoms with Crippen LogP contribution in [-0.4, -0.2) is 21.2 Å². The molecule has 100 valence electrons. The van der Waals surface area contributed by atoms with Crippen LogP contribution in [0.2, 0.25) is 0 Å². The zero-order chi connectivity index (χ0) is 14.1. The number of thiophene rings is 1. The van der Waals surface area contributed by atoms with E-state index in [0.29, 0.717) is 17.3 Å². The summed E-state index contributed by atoms with van der Waals surface area (Å²) in [6.45, 7) is 0. The zero-order valence-electron chi connectivity index (χ0n) is 9.91. The third-order valence-corrected chi connectivity index (χ3v) is 4.26. The molecule has 20 heavy (non-hydrogen) atoms. The van der Waals surface area contributed by atoms with Gasteiger partial charge in [-0.25, -0.2) is 4.79 Å². The summed E-state index contributed by atoms with van der Waals surface area (Å²) >= 11 is 4.86. The average Bonchev–Trinajstić information content (AvgIpc) is 3.07. The highest BCUT2D eigenvalue weighted by molar-refractivity contribution is 9.10. The fraction of sp³-hybridized carbons (Fsp3) is 0. The predicted octanol–water partition coefficient (Wildman–Crippen LogP) is 3.93. The van der Waals surface area contributed by atoms with Crippen LogP contribution in [0.1, 0.15) is 10.4 Å². The van der Waals surface area contributed by atoms with E-state index in [9.17, 15) is 4.79 Å². The number of carboxylic acid groups (broad SMARTS) is 1. The summed E-state index contributed by atoms with van der Waals surface area (Å²) in [5.74, 6) is -0.210. The minimum atomic E-state index is -0.992. The number of aromatic carboxylic acids is 1. The highest BCUT2D eigenvalue weighted by Gasteiger charge is 2.13. The summed E-state index contributed by atoms with van der Waals surface area (Å²) in [4.78, 5) is 16.1. The third-order valence-electron chi connectivity index (χ3n) is 2.57. The molecule has 0 aliphatic heterocycles. The number of halogens is 1. The molecule has 0 aliphatic carbocycles. The van der Waals surface area contributed by atoms with Crippen molar-refractivity contribution in [1.82, 2.24) is 10.1 Å². The van der Waals surface area contributed by atoms with Crippen molar-refractivity contribution in [2.45, 2.75) is 0 Å². The van der Waals surface area contributed by atoms with Crippen molar-refractivity contribution >= 4 is 33.2 Å². The molecule has 0 bridgehead atoms. The lowest BCUT2D eigenvalue weighted by Crippen LogP contribution is -1.95. The van der Waals surface area contributed by atoms with Crippen LogP contribution < -0.4 is 0 Å². The maximum atomic E-state index is 10.9. The minimum Gasteiger partial charge on any atom is -0.478 e. The van der Waals surface area contributed by atoms with Gasteiger partial charge in [0.1, 0.15) is 0 Å². The van der Waals surface area contributed by atoms with Gasteiger partial charge in [-0.2, -0.15) is 4.98 Å². The second kappa shape index (κ2) is 5.18. The standard InChI is InChI=1S/C13H7BrN2O3S/c14-9-5-10(20-6-9)11-15-12(19-16-11)7-2-1-3-8(4-7)13(17)18/h1-6H,(H,17,18). The lowest BCUT2D eigenvalue weighted by atomic mass is 10.1. The first-order valence-corrected chi connectivity index (χ1v) is 7.22. The van der Waals surface area contributed by atoms with Gasteiger partial charge < -0.3 is 9.63 Å². The molecule has 0 fully saturated rings. The summed E-state index contributed by atoms with van der Waals surface area (Å²) in [5, 5.41) is 14.8. The minimum absolute atomic E-state index is 0.182. The fourth-order valence-corrected chi connectivity index (χ4v) is 3.01. The van der Waals surface area contributed by atoms with E-state index in [1.54, 1.807) is 12.1 Å². The van der Waals surface area contributed by atoms with Gasteiger partial charge in [0.25, 0.3) is 5.89 Å². The molecule has 3 aromatic rings. The van der Waals surface area contributed by atoms with Crippen molar-refractivity contribution in [3.8, 4) is 22.2 Å². The van der Waals surface area contributed by atoms with Crippen LogP contribution in [0.3, 0.4) is 0 Å². The Labute approximate surface area is 126 Å². The number of hydrogen-bond donors (Lipinski definition) is 1. The van der Waals surface area contributed by atoms with Crippen LogP contribution in [0.15, 0.2) is 44.7 Å². The molecule has 0 saturated carbocycles. The number of benzene rings is 1. The summed E-state index contributed by atoms with van der Waals surface area (Å²) in [6, 6.07) is 8.29. The van der Waals surface area contributed by atoms with Gasteiger partial charge in [-0.05, 0) is 40.2 Å². The van der Waals surface area contributed by atoms with E-state index in [2.05, 4.69) is 26.1 Å². The number of aromatic nitrogens is 2. The molecule has 0 spiro atoms. The normalized spacial score (nSPS) is 10.7. The van der Waals surface area contributed by atoms with Gasteiger partial charge in [-0.1, -0.05) is 11.2 Å². The van der Waals surface area contributed by atoms with Gasteiger partial charge >= 0.3 is 5.97 Å². The molecule has 1 aromatic carbocycles. The van der Waals surface area contributed by atoms with Gasteiger partial charge in [-0.3, -0.25) is 0 Å². The quantitative estimate of drug-likeness (QED) is 0.774. The second-order valence-corrected chi connectivity index (χ2v) is 5.77. The summed E-state index contributed by atoms with van der Waals surface area (Å²) in [6.07, 6.45) is 0. The molecule has 0 unspecified atom stereocenters. The molecule has 0 aliphatic rings. The van der Waals surface area contributed by atoms with Crippen molar-refractivity contribution in [3.63, 3.8) is 0 Å².